The van der Waals surface area contributed by atoms with Gasteiger partial charge in [0, 0.05) is 0 Å². The monoisotopic (exact) mass is 349 g/mol. The molecule has 0 atom stereocenters. The third-order valence-corrected chi connectivity index (χ3v) is 12.5. The first kappa shape index (κ1) is 13.7. The average Bonchev–Trinajstić information content (AvgIpc) is 2.56. The Balaban J connectivity index is 1.90. The summed E-state index contributed by atoms with van der Waals surface area (Å²) in [5, 5.41) is 1.14. The second-order valence-electron chi connectivity index (χ2n) is 5.87. The summed E-state index contributed by atoms with van der Waals surface area (Å²) in [6, 6.07) is 28.0. The zero-order valence-corrected chi connectivity index (χ0v) is 14.4. The minimum absolute atomic E-state index is 1.05. The molecular weight excluding hydrogens is 331 g/mol. The van der Waals surface area contributed by atoms with Crippen molar-refractivity contribution in [2.75, 3.05) is 0 Å². The van der Waals surface area contributed by atoms with Crippen molar-refractivity contribution >= 4 is 22.3 Å². The quantitative estimate of drug-likeness (QED) is 0.640. The summed E-state index contributed by atoms with van der Waals surface area (Å²) in [6.07, 6.45) is 0. The van der Waals surface area contributed by atoms with E-state index in [1.807, 2.05) is 0 Å². The molecule has 2 heteroatoms. The van der Waals surface area contributed by atoms with Crippen LogP contribution in [-0.4, -0.2) is 13.6 Å². The molecule has 22 heavy (non-hydrogen) atoms. The Morgan fingerprint density at radius 3 is 1.77 bits per heavy atom. The van der Waals surface area contributed by atoms with Crippen LogP contribution in [0.5, 0.6) is 11.5 Å². The van der Waals surface area contributed by atoms with Crippen molar-refractivity contribution in [1.82, 2.24) is 0 Å². The van der Waals surface area contributed by atoms with E-state index in [2.05, 4.69) is 84.6 Å². The molecule has 0 N–H and O–H groups in total. The van der Waals surface area contributed by atoms with Crippen LogP contribution in [0, 0.1) is 0 Å². The van der Waals surface area contributed by atoms with Crippen LogP contribution >= 0.6 is 0 Å². The van der Waals surface area contributed by atoms with Gasteiger partial charge >= 0.3 is 134 Å². The van der Waals surface area contributed by atoms with Gasteiger partial charge in [-0.3, -0.25) is 0 Å². The first-order chi connectivity index (χ1) is 10.8. The van der Waals surface area contributed by atoms with Gasteiger partial charge in [0.15, 0.2) is 0 Å². The summed E-state index contributed by atoms with van der Waals surface area (Å²) in [7, 11) is 0. The Morgan fingerprint density at radius 2 is 1.18 bits per heavy atom. The summed E-state index contributed by atoms with van der Waals surface area (Å²) in [5.41, 5.74) is 3.91. The number of hydrogen-bond acceptors (Lipinski definition) is 1. The van der Waals surface area contributed by atoms with Crippen LogP contribution < -0.4 is 13.4 Å². The van der Waals surface area contributed by atoms with Gasteiger partial charge in [0.2, 0.25) is 0 Å². The molecule has 0 spiro atoms. The molecule has 1 heterocycles. The number of hydrogen-bond donors (Lipinski definition) is 0. The van der Waals surface area contributed by atoms with Gasteiger partial charge < -0.3 is 0 Å². The summed E-state index contributed by atoms with van der Waals surface area (Å²) in [5.74, 6) is 2.10. The molecule has 109 valence electrons. The molecule has 0 bridgehead atoms. The molecule has 1 aliphatic heterocycles. The van der Waals surface area contributed by atoms with Gasteiger partial charge in [0.25, 0.3) is 0 Å². The zero-order valence-electron chi connectivity index (χ0n) is 12.6. The van der Waals surface area contributed by atoms with E-state index in [0.717, 1.165) is 16.7 Å². The van der Waals surface area contributed by atoms with Crippen molar-refractivity contribution in [3.05, 3.63) is 84.4 Å². The Labute approximate surface area is 134 Å². The second kappa shape index (κ2) is 5.34. The van der Waals surface area contributed by atoms with E-state index in [1.165, 1.54) is 14.3 Å². The molecule has 0 unspecified atom stereocenters. The van der Waals surface area contributed by atoms with Crippen molar-refractivity contribution in [3.8, 4) is 11.5 Å². The van der Waals surface area contributed by atoms with E-state index in [-0.39, 0.29) is 0 Å². The van der Waals surface area contributed by atoms with Gasteiger partial charge in [-0.05, 0) is 0 Å². The van der Waals surface area contributed by atoms with Crippen LogP contribution in [0.3, 0.4) is 0 Å². The third-order valence-electron chi connectivity index (χ3n) is 4.36. The summed E-state index contributed by atoms with van der Waals surface area (Å²) >= 11 is -2.26. The van der Waals surface area contributed by atoms with Crippen LogP contribution in [0.25, 0.3) is 0 Å². The predicted molar refractivity (Wildman–Crippen MR) is 94.0 cm³/mol. The van der Waals surface area contributed by atoms with Crippen molar-refractivity contribution in [1.29, 1.82) is 0 Å². The summed E-state index contributed by atoms with van der Waals surface area (Å²) in [4.78, 5) is 0. The van der Waals surface area contributed by atoms with E-state index in [0.29, 0.717) is 0 Å². The summed E-state index contributed by atoms with van der Waals surface area (Å²) < 4.78 is 9.02. The molecule has 3 aromatic rings. The van der Waals surface area contributed by atoms with Crippen LogP contribution in [0.1, 0.15) is 5.56 Å². The molecule has 0 saturated carbocycles. The molecule has 4 rings (SSSR count). The van der Waals surface area contributed by atoms with Crippen molar-refractivity contribution in [3.63, 3.8) is 0 Å². The first-order valence-electron chi connectivity index (χ1n) is 7.54. The number of para-hydroxylation sites is 2. The van der Waals surface area contributed by atoms with Crippen molar-refractivity contribution < 1.29 is 4.74 Å². The molecule has 3 aromatic carbocycles. The molecule has 1 aliphatic rings. The predicted octanol–water partition coefficient (Wildman–Crippen LogP) is 3.77. The standard InChI is InChI=1S/C20H18AsO/c1-21(15-16-9-3-2-4-10-16)17-11-5-7-13-19(17)22-20-14-8-6-12-18(20)21/h2-14H,15H2,1H3. The van der Waals surface area contributed by atoms with Gasteiger partial charge in [0.1, 0.15) is 0 Å². The van der Waals surface area contributed by atoms with E-state index >= 15 is 0 Å². The van der Waals surface area contributed by atoms with E-state index in [4.69, 9.17) is 4.74 Å². The van der Waals surface area contributed by atoms with Crippen LogP contribution in [0.4, 0.5) is 0 Å². The molecule has 0 amide bonds. The zero-order chi connectivity index (χ0) is 15.0. The fourth-order valence-electron chi connectivity index (χ4n) is 3.27. The van der Waals surface area contributed by atoms with E-state index in [9.17, 15) is 0 Å². The fraction of sp³-hybridized carbons (Fsp3) is 0.100. The molecule has 0 fully saturated rings. The van der Waals surface area contributed by atoms with Gasteiger partial charge in [0.05, 0.1) is 0 Å². The minimum atomic E-state index is -2.26. The number of fused-ring (bicyclic) bond motifs is 2. The Morgan fingerprint density at radius 1 is 0.682 bits per heavy atom. The van der Waals surface area contributed by atoms with Crippen LogP contribution in [0.15, 0.2) is 78.9 Å². The van der Waals surface area contributed by atoms with Crippen molar-refractivity contribution in [2.45, 2.75) is 10.9 Å². The first-order valence-corrected chi connectivity index (χ1v) is 12.6. The van der Waals surface area contributed by atoms with Crippen LogP contribution in [-0.2, 0) is 5.21 Å². The maximum absolute atomic E-state index is 6.15. The second-order valence-corrected chi connectivity index (χ2v) is 13.6. The normalized spacial score (nSPS) is 14.6. The Hall–Kier alpha value is -1.98. The molecule has 1 nitrogen and oxygen atoms in total. The average molecular weight is 349 g/mol. The molecule has 1 radical (unpaired) electrons. The number of rotatable bonds is 2. The Kier molecular flexibility index (Phi) is 3.31. The molecule has 0 aliphatic carbocycles. The van der Waals surface area contributed by atoms with Gasteiger partial charge in [-0.25, -0.2) is 0 Å². The molecule has 0 saturated heterocycles. The third kappa shape index (κ3) is 2.17. The fourth-order valence-corrected chi connectivity index (χ4v) is 10.8. The van der Waals surface area contributed by atoms with Gasteiger partial charge in [-0.1, -0.05) is 0 Å². The van der Waals surface area contributed by atoms with E-state index in [1.54, 1.807) is 0 Å². The molecule has 0 aromatic heterocycles. The van der Waals surface area contributed by atoms with Crippen LogP contribution in [0.2, 0.25) is 5.71 Å². The Bertz CT molecular complexity index is 765. The van der Waals surface area contributed by atoms with Gasteiger partial charge in [-0.2, -0.15) is 0 Å². The summed E-state index contributed by atoms with van der Waals surface area (Å²) in [6.45, 7) is 0. The number of benzene rings is 3. The molecular formula is C20H18AsO. The maximum atomic E-state index is 6.15. The SMILES string of the molecule is C[As]1(Cc2ccccc2)c2ccccc2Oc2ccccc21. The topological polar surface area (TPSA) is 9.23 Å². The van der Waals surface area contributed by atoms with Crippen molar-refractivity contribution in [2.24, 2.45) is 0 Å². The van der Waals surface area contributed by atoms with E-state index < -0.39 is 13.6 Å². The number of ether oxygens (including phenoxy) is 1. The van der Waals surface area contributed by atoms with Gasteiger partial charge in [-0.15, -0.1) is 0 Å².